The molecule has 4 bridgehead atoms. The van der Waals surface area contributed by atoms with Crippen LogP contribution in [-0.2, 0) is 33.4 Å². The van der Waals surface area contributed by atoms with Crippen LogP contribution in [0.4, 0.5) is 0 Å². The first-order valence-electron chi connectivity index (χ1n) is 12.9. The molecule has 8 unspecified atom stereocenters. The molecular formula is C29H47ClO8. The third-order valence-electron chi connectivity index (χ3n) is 8.43. The number of aliphatic hydroxyl groups excluding tert-OH is 1. The van der Waals surface area contributed by atoms with Crippen molar-refractivity contribution in [3.8, 4) is 0 Å². The number of carbonyl (C=O) groups is 4. The first kappa shape index (κ1) is 33.8. The predicted molar refractivity (Wildman–Crippen MR) is 147 cm³/mol. The number of carbonyl (C=O) groups excluding carboxylic acids is 4. The molecular weight excluding hydrogens is 512 g/mol. The van der Waals surface area contributed by atoms with E-state index in [4.69, 9.17) is 26.2 Å². The number of hydrogen-bond acceptors (Lipinski definition) is 8. The quantitative estimate of drug-likeness (QED) is 0.218. The molecule has 6 fully saturated rings. The van der Waals surface area contributed by atoms with Crippen LogP contribution in [0.5, 0.6) is 0 Å². The van der Waals surface area contributed by atoms with Gasteiger partial charge in [-0.15, -0.1) is 0 Å². The molecule has 38 heavy (non-hydrogen) atoms. The number of esters is 3. The van der Waals surface area contributed by atoms with Gasteiger partial charge in [-0.05, 0) is 87.6 Å². The third kappa shape index (κ3) is 7.92. The Labute approximate surface area is 233 Å². The second-order valence-electron chi connectivity index (χ2n) is 10.6. The van der Waals surface area contributed by atoms with Crippen LogP contribution < -0.4 is 0 Å². The zero-order chi connectivity index (χ0) is 27.9. The van der Waals surface area contributed by atoms with E-state index in [9.17, 15) is 19.2 Å². The maximum Gasteiger partial charge on any atom is 0.332 e. The van der Waals surface area contributed by atoms with Crippen LogP contribution in [0.1, 0.15) is 61.2 Å². The largest absolute Gasteiger partial charge is 0.466 e. The summed E-state index contributed by atoms with van der Waals surface area (Å²) < 4.78 is 14.4. The van der Waals surface area contributed by atoms with E-state index in [-0.39, 0.29) is 26.8 Å². The van der Waals surface area contributed by atoms with Crippen LogP contribution in [-0.4, -0.2) is 55.7 Å². The van der Waals surface area contributed by atoms with Crippen LogP contribution in [0.3, 0.4) is 0 Å². The van der Waals surface area contributed by atoms with E-state index in [1.807, 2.05) is 0 Å². The van der Waals surface area contributed by atoms with Gasteiger partial charge < -0.3 is 19.3 Å². The Morgan fingerprint density at radius 3 is 1.42 bits per heavy atom. The van der Waals surface area contributed by atoms with Gasteiger partial charge in [0.1, 0.15) is 0 Å². The highest BCUT2D eigenvalue weighted by molar-refractivity contribution is 6.67. The molecule has 0 aromatic carbocycles. The van der Waals surface area contributed by atoms with Gasteiger partial charge in [-0.2, -0.15) is 0 Å². The Balaban J connectivity index is 0.000000492. The number of allylic oxidation sites excluding steroid dienone is 1. The van der Waals surface area contributed by atoms with E-state index in [1.165, 1.54) is 45.6 Å². The van der Waals surface area contributed by atoms with Crippen molar-refractivity contribution in [2.24, 2.45) is 47.3 Å². The van der Waals surface area contributed by atoms with Gasteiger partial charge in [0.05, 0.1) is 32.2 Å². The lowest BCUT2D eigenvalue weighted by Gasteiger charge is -2.19. The molecule has 6 aliphatic rings. The molecule has 8 atom stereocenters. The average molecular weight is 560 g/mol. The number of aliphatic hydroxyl groups is 1. The fourth-order valence-corrected chi connectivity index (χ4v) is 6.76. The molecule has 4 saturated carbocycles. The number of fused-ring (bicyclic) bond motifs is 10. The summed E-state index contributed by atoms with van der Waals surface area (Å²) in [5, 5.41) is 6.54. The van der Waals surface area contributed by atoms with Crippen LogP contribution in [0.2, 0.25) is 0 Å². The zero-order valence-corrected chi connectivity index (χ0v) is 23.1. The molecule has 2 saturated heterocycles. The summed E-state index contributed by atoms with van der Waals surface area (Å²) in [4.78, 5) is 42.4. The van der Waals surface area contributed by atoms with Gasteiger partial charge in [0.15, 0.2) is 0 Å². The second-order valence-corrected chi connectivity index (χ2v) is 11.0. The fourth-order valence-electron chi connectivity index (χ4n) is 6.76. The summed E-state index contributed by atoms with van der Waals surface area (Å²) in [5.74, 6) is 4.75. The van der Waals surface area contributed by atoms with Crippen molar-refractivity contribution >= 4 is 34.8 Å². The van der Waals surface area contributed by atoms with Crippen LogP contribution in [0.15, 0.2) is 24.3 Å². The van der Waals surface area contributed by atoms with Crippen molar-refractivity contribution in [2.45, 2.75) is 59.8 Å². The van der Waals surface area contributed by atoms with Gasteiger partial charge in [0.25, 0.3) is 0 Å². The van der Waals surface area contributed by atoms with Crippen molar-refractivity contribution in [3.05, 3.63) is 24.3 Å². The average Bonchev–Trinajstić information content (AvgIpc) is 3.71. The van der Waals surface area contributed by atoms with Gasteiger partial charge in [0.2, 0.25) is 5.24 Å². The molecule has 0 aromatic rings. The number of rotatable bonds is 2. The Morgan fingerprint density at radius 2 is 1.18 bits per heavy atom. The van der Waals surface area contributed by atoms with Gasteiger partial charge in [0, 0.05) is 31.5 Å². The van der Waals surface area contributed by atoms with E-state index in [0.717, 1.165) is 32.2 Å². The minimum Gasteiger partial charge on any atom is -0.466 e. The van der Waals surface area contributed by atoms with Crippen LogP contribution in [0.25, 0.3) is 0 Å². The van der Waals surface area contributed by atoms with Gasteiger partial charge in [-0.25, -0.2) is 4.79 Å². The Kier molecular flexibility index (Phi) is 13.7. The SMILES string of the molecule is C.C=C(C)C(=O)Cl.C=C(C)C(=O)OC.CO.O=C1OCC2C3CCC(C3)C12.O=C1OCC2C3CCC(C3)C12.[2HH]. The molecule has 1 N–H and O–H groups in total. The molecule has 8 nitrogen and oxygen atoms in total. The molecule has 218 valence electrons. The fraction of sp³-hybridized carbons (Fsp3) is 0.724. The Morgan fingerprint density at radius 1 is 0.842 bits per heavy atom. The highest BCUT2D eigenvalue weighted by Gasteiger charge is 2.55. The van der Waals surface area contributed by atoms with Crippen molar-refractivity contribution in [1.82, 2.24) is 0 Å². The lowest BCUT2D eigenvalue weighted by atomic mass is 9.81. The van der Waals surface area contributed by atoms with Crippen molar-refractivity contribution in [1.29, 1.82) is 0 Å². The molecule has 0 radical (unpaired) electrons. The van der Waals surface area contributed by atoms with Gasteiger partial charge >= 0.3 is 17.9 Å². The highest BCUT2D eigenvalue weighted by atomic mass is 35.5. The number of ether oxygens (including phenoxy) is 3. The van der Waals surface area contributed by atoms with Gasteiger partial charge in [-0.1, -0.05) is 20.6 Å². The Hall–Kier alpha value is -2.19. The van der Waals surface area contributed by atoms with Gasteiger partial charge in [-0.3, -0.25) is 14.4 Å². The molecule has 9 heteroatoms. The topological polar surface area (TPSA) is 116 Å². The summed E-state index contributed by atoms with van der Waals surface area (Å²) in [5.41, 5.74) is 0.819. The number of cyclic esters (lactones) is 2. The number of halogens is 1. The summed E-state index contributed by atoms with van der Waals surface area (Å²) in [6, 6.07) is 0. The van der Waals surface area contributed by atoms with E-state index in [2.05, 4.69) is 17.9 Å². The van der Waals surface area contributed by atoms with E-state index < -0.39 is 5.24 Å². The van der Waals surface area contributed by atoms with Crippen molar-refractivity contribution in [2.75, 3.05) is 27.4 Å². The minimum atomic E-state index is -0.463. The first-order valence-corrected chi connectivity index (χ1v) is 13.3. The molecule has 2 heterocycles. The summed E-state index contributed by atoms with van der Waals surface area (Å²) >= 11 is 4.87. The minimum absolute atomic E-state index is 0. The zero-order valence-electron chi connectivity index (χ0n) is 22.4. The first-order chi connectivity index (χ1) is 17.5. The summed E-state index contributed by atoms with van der Waals surface area (Å²) in [6.07, 6.45) is 7.88. The summed E-state index contributed by atoms with van der Waals surface area (Å²) in [7, 11) is 2.33. The van der Waals surface area contributed by atoms with Crippen LogP contribution >= 0.6 is 11.6 Å². The number of hydrogen-bond donors (Lipinski definition) is 1. The normalized spacial score (nSPS) is 33.4. The third-order valence-corrected chi connectivity index (χ3v) is 8.75. The molecule has 4 aliphatic carbocycles. The highest BCUT2D eigenvalue weighted by Crippen LogP contribution is 2.55. The maximum absolute atomic E-state index is 11.2. The second kappa shape index (κ2) is 15.4. The number of methoxy groups -OCH3 is 1. The molecule has 6 rings (SSSR count). The Bertz CT molecular complexity index is 833. The molecule has 0 aromatic heterocycles. The standard InChI is InChI=1S/2C9H12O2.C5H8O2.C4H5ClO.CH4O.CH4.H2/c2*10-9-8-6-2-1-5(3-6)7(8)4-11-9;1-4(2)5(6)7-3;1-3(2)4(5)6;1-2;;/h2*5-8H,1-4H2;1H2,2-3H3;1H2,2H3;2H,1H3;1H4;1H/i;;;;;;1+1. The lowest BCUT2D eigenvalue weighted by molar-refractivity contribution is -0.143. The smallest absolute Gasteiger partial charge is 0.332 e. The predicted octanol–water partition coefficient (Wildman–Crippen LogP) is 4.97. The van der Waals surface area contributed by atoms with E-state index in [0.29, 0.717) is 46.7 Å². The molecule has 0 amide bonds. The lowest BCUT2D eigenvalue weighted by Crippen LogP contribution is -2.22. The van der Waals surface area contributed by atoms with Crippen molar-refractivity contribution in [3.63, 3.8) is 0 Å². The van der Waals surface area contributed by atoms with Crippen molar-refractivity contribution < 1.29 is 39.9 Å². The van der Waals surface area contributed by atoms with Crippen LogP contribution in [0, 0.1) is 47.3 Å². The molecule has 2 aliphatic heterocycles. The summed E-state index contributed by atoms with van der Waals surface area (Å²) in [6.45, 7) is 11.2. The van der Waals surface area contributed by atoms with E-state index in [1.54, 1.807) is 13.8 Å². The maximum atomic E-state index is 11.2. The molecule has 0 spiro atoms. The van der Waals surface area contributed by atoms with E-state index >= 15 is 0 Å². The monoisotopic (exact) mass is 559 g/mol.